The van der Waals surface area contributed by atoms with Gasteiger partial charge in [-0.05, 0) is 29.8 Å². The second-order valence-corrected chi connectivity index (χ2v) is 6.93. The molecule has 0 atom stereocenters. The summed E-state index contributed by atoms with van der Waals surface area (Å²) in [7, 11) is -1.53. The average molecular weight is 332 g/mol. The number of ether oxygens (including phenoxy) is 1. The van der Waals surface area contributed by atoms with Gasteiger partial charge in [0.05, 0.1) is 12.0 Å². The maximum Gasteiger partial charge on any atom is 0.251 e. The van der Waals surface area contributed by atoms with E-state index in [1.165, 1.54) is 18.6 Å². The molecule has 2 heterocycles. The number of carbonyl (C=O) groups is 1. The normalized spacial score (nSPS) is 15.8. The van der Waals surface area contributed by atoms with E-state index in [-0.39, 0.29) is 5.91 Å². The molecule has 120 valence electrons. The number of nitrogens with zero attached hydrogens (tertiary/aromatic N) is 1. The summed E-state index contributed by atoms with van der Waals surface area (Å²) >= 11 is 0. The Bertz CT molecular complexity index is 775. The number of rotatable bonds is 4. The molecule has 0 fully saturated rings. The van der Waals surface area contributed by atoms with E-state index in [1.54, 1.807) is 30.6 Å². The Morgan fingerprint density at radius 2 is 2.22 bits per heavy atom. The largest absolute Gasteiger partial charge is 0.496 e. The van der Waals surface area contributed by atoms with Crippen molar-refractivity contribution in [2.45, 2.75) is 11.4 Å². The first-order chi connectivity index (χ1) is 11.0. The van der Waals surface area contributed by atoms with Gasteiger partial charge in [-0.3, -0.25) is 18.9 Å². The van der Waals surface area contributed by atoms with Gasteiger partial charge in [-0.1, -0.05) is 6.07 Å². The van der Waals surface area contributed by atoms with Gasteiger partial charge in [-0.15, -0.1) is 10.6 Å². The van der Waals surface area contributed by atoms with Crippen molar-refractivity contribution in [2.24, 2.45) is 0 Å². The number of amides is 1. The zero-order chi connectivity index (χ0) is 16.4. The van der Waals surface area contributed by atoms with Gasteiger partial charge in [0.25, 0.3) is 5.91 Å². The number of carbonyl (C=O) groups excluding carboxylic acids is 1. The molecule has 7 heteroatoms. The minimum absolute atomic E-state index is 0.309. The van der Waals surface area contributed by atoms with E-state index < -0.39 is 10.6 Å². The smallest absolute Gasteiger partial charge is 0.251 e. The van der Waals surface area contributed by atoms with Crippen LogP contribution in [0.25, 0.3) is 6.08 Å². The summed E-state index contributed by atoms with van der Waals surface area (Å²) in [5, 5.41) is 4.11. The summed E-state index contributed by atoms with van der Waals surface area (Å²) in [6, 6.07) is 6.73. The molecule has 6 nitrogen and oxygen atoms in total. The van der Waals surface area contributed by atoms with Crippen LogP contribution < -0.4 is 10.1 Å². The fraction of sp³-hybridized carbons (Fsp3) is 0.125. The zero-order valence-corrected chi connectivity index (χ0v) is 13.2. The highest BCUT2D eigenvalue weighted by molar-refractivity contribution is 8.27. The van der Waals surface area contributed by atoms with Crippen LogP contribution in [-0.4, -0.2) is 27.1 Å². The summed E-state index contributed by atoms with van der Waals surface area (Å²) in [4.78, 5) is 16.6. The number of pyridine rings is 1. The number of methoxy groups -OCH3 is 1. The molecule has 0 spiro atoms. The molecule has 0 unspecified atom stereocenters. The monoisotopic (exact) mass is 332 g/mol. The van der Waals surface area contributed by atoms with Crippen LogP contribution in [0.3, 0.4) is 0 Å². The van der Waals surface area contributed by atoms with Gasteiger partial charge in [-0.25, -0.2) is 0 Å². The molecular weight excluding hydrogens is 316 g/mol. The molecule has 1 aliphatic heterocycles. The first-order valence-corrected chi connectivity index (χ1v) is 8.48. The van der Waals surface area contributed by atoms with Crippen molar-refractivity contribution in [3.05, 3.63) is 58.8 Å². The molecule has 0 bridgehead atoms. The Hall–Kier alpha value is -2.35. The molecular formula is C16H16N2O4S. The van der Waals surface area contributed by atoms with Gasteiger partial charge >= 0.3 is 0 Å². The zero-order valence-electron chi connectivity index (χ0n) is 12.4. The summed E-state index contributed by atoms with van der Waals surface area (Å²) in [5.41, 5.74) is 1.78. The molecule has 1 aromatic heterocycles. The van der Waals surface area contributed by atoms with E-state index in [1.807, 2.05) is 6.07 Å². The van der Waals surface area contributed by atoms with Crippen LogP contribution in [0.2, 0.25) is 0 Å². The first-order valence-electron chi connectivity index (χ1n) is 6.87. The molecule has 3 N–H and O–H groups in total. The van der Waals surface area contributed by atoms with Gasteiger partial charge < -0.3 is 10.1 Å². The third-order valence-corrected chi connectivity index (χ3v) is 5.01. The predicted octanol–water partition coefficient (Wildman–Crippen LogP) is 3.11. The number of fused-ring (bicyclic) bond motifs is 1. The molecule has 3 rings (SSSR count). The second-order valence-electron chi connectivity index (χ2n) is 5.03. The van der Waals surface area contributed by atoms with E-state index in [4.69, 9.17) is 4.74 Å². The lowest BCUT2D eigenvalue weighted by molar-refractivity contribution is 0.0950. The molecule has 1 aliphatic rings. The maximum absolute atomic E-state index is 12.3. The van der Waals surface area contributed by atoms with E-state index in [0.29, 0.717) is 28.3 Å². The standard InChI is InChI=1S/C16H16N2O4S/c1-22-14-7-12(8-15-13(14)4-6-23(15,20)21)16(19)18-10-11-3-2-5-17-9-11/h2-9,20-21H,10H2,1H3,(H,18,19). The van der Waals surface area contributed by atoms with Crippen molar-refractivity contribution in [3.8, 4) is 5.75 Å². The average Bonchev–Trinajstić information content (AvgIpc) is 2.88. The number of hydrogen-bond donors (Lipinski definition) is 3. The second kappa shape index (κ2) is 6.04. The highest BCUT2D eigenvalue weighted by atomic mass is 32.3. The molecule has 23 heavy (non-hydrogen) atoms. The van der Waals surface area contributed by atoms with Crippen molar-refractivity contribution in [3.63, 3.8) is 0 Å². The topological polar surface area (TPSA) is 91.7 Å². The van der Waals surface area contributed by atoms with Crippen molar-refractivity contribution in [1.29, 1.82) is 0 Å². The summed E-state index contributed by atoms with van der Waals surface area (Å²) < 4.78 is 25.3. The summed E-state index contributed by atoms with van der Waals surface area (Å²) in [6.07, 6.45) is 4.93. The third-order valence-electron chi connectivity index (χ3n) is 3.51. The Kier molecular flexibility index (Phi) is 4.08. The predicted molar refractivity (Wildman–Crippen MR) is 88.5 cm³/mol. The van der Waals surface area contributed by atoms with Crippen molar-refractivity contribution in [2.75, 3.05) is 7.11 Å². The van der Waals surface area contributed by atoms with Crippen LogP contribution in [0.15, 0.2) is 47.0 Å². The van der Waals surface area contributed by atoms with E-state index in [9.17, 15) is 13.9 Å². The molecule has 0 saturated heterocycles. The Balaban J connectivity index is 1.85. The Morgan fingerprint density at radius 1 is 1.39 bits per heavy atom. The van der Waals surface area contributed by atoms with E-state index >= 15 is 0 Å². The minimum Gasteiger partial charge on any atom is -0.496 e. The highest BCUT2D eigenvalue weighted by Gasteiger charge is 2.26. The van der Waals surface area contributed by atoms with Gasteiger partial charge in [0.1, 0.15) is 5.75 Å². The SMILES string of the molecule is COc1cc(C(=O)NCc2cccnc2)cc2c1C=CS2(O)O. The van der Waals surface area contributed by atoms with Gasteiger partial charge in [0.2, 0.25) is 0 Å². The lowest BCUT2D eigenvalue weighted by atomic mass is 10.1. The third kappa shape index (κ3) is 3.07. The van der Waals surface area contributed by atoms with Crippen LogP contribution >= 0.6 is 10.6 Å². The summed E-state index contributed by atoms with van der Waals surface area (Å²) in [6.45, 7) is 0.334. The molecule has 0 saturated carbocycles. The number of hydrogen-bond acceptors (Lipinski definition) is 5. The maximum atomic E-state index is 12.3. The van der Waals surface area contributed by atoms with Crippen LogP contribution in [0, 0.1) is 0 Å². The lowest BCUT2D eigenvalue weighted by Crippen LogP contribution is -2.23. The number of nitrogens with one attached hydrogen (secondary N) is 1. The van der Waals surface area contributed by atoms with Gasteiger partial charge in [0.15, 0.2) is 0 Å². The Morgan fingerprint density at radius 3 is 2.91 bits per heavy atom. The lowest BCUT2D eigenvalue weighted by Gasteiger charge is -2.26. The molecule has 0 aliphatic carbocycles. The van der Waals surface area contributed by atoms with Gasteiger partial charge in [-0.2, -0.15) is 0 Å². The summed E-state index contributed by atoms with van der Waals surface area (Å²) in [5.74, 6) is 0.111. The molecule has 1 aromatic carbocycles. The van der Waals surface area contributed by atoms with Crippen molar-refractivity contribution in [1.82, 2.24) is 10.3 Å². The van der Waals surface area contributed by atoms with Crippen molar-refractivity contribution >= 4 is 22.6 Å². The van der Waals surface area contributed by atoms with Crippen LogP contribution in [0.5, 0.6) is 5.75 Å². The van der Waals surface area contributed by atoms with Gasteiger partial charge in [0, 0.05) is 35.5 Å². The minimum atomic E-state index is -3.01. The number of aromatic nitrogens is 1. The highest BCUT2D eigenvalue weighted by Crippen LogP contribution is 2.58. The Labute approximate surface area is 135 Å². The van der Waals surface area contributed by atoms with Crippen LogP contribution in [-0.2, 0) is 6.54 Å². The molecule has 2 aromatic rings. The first kappa shape index (κ1) is 15.5. The fourth-order valence-corrected chi connectivity index (χ4v) is 3.60. The quantitative estimate of drug-likeness (QED) is 0.800. The van der Waals surface area contributed by atoms with Crippen molar-refractivity contribution < 1.29 is 18.6 Å². The van der Waals surface area contributed by atoms with Crippen LogP contribution in [0.1, 0.15) is 21.5 Å². The molecule has 0 radical (unpaired) electrons. The molecule has 1 amide bonds. The van der Waals surface area contributed by atoms with E-state index in [0.717, 1.165) is 5.56 Å². The van der Waals surface area contributed by atoms with E-state index in [2.05, 4.69) is 10.3 Å². The van der Waals surface area contributed by atoms with Crippen LogP contribution in [0.4, 0.5) is 0 Å². The fourth-order valence-electron chi connectivity index (χ4n) is 2.34. The number of benzene rings is 1.